The molecule has 0 unspecified atom stereocenters. The minimum Gasteiger partial charge on any atom is -0.495 e. The molecule has 3 rings (SSSR count). The summed E-state index contributed by atoms with van der Waals surface area (Å²) in [6, 6.07) is 4.90. The second kappa shape index (κ2) is 6.83. The Kier molecular flexibility index (Phi) is 4.62. The molecule has 0 aliphatic carbocycles. The number of hydrogen-bond donors (Lipinski definition) is 1. The highest BCUT2D eigenvalue weighted by atomic mass is 35.5. The third-order valence-corrected chi connectivity index (χ3v) is 4.07. The number of rotatable bonds is 4. The summed E-state index contributed by atoms with van der Waals surface area (Å²) < 4.78 is 5.15. The van der Waals surface area contributed by atoms with E-state index in [0.717, 1.165) is 31.7 Å². The van der Waals surface area contributed by atoms with E-state index in [4.69, 9.17) is 16.3 Å². The van der Waals surface area contributed by atoms with Crippen molar-refractivity contribution in [3.05, 3.63) is 41.3 Å². The highest BCUT2D eigenvalue weighted by Crippen LogP contribution is 2.28. The number of carbonyl (C=O) groups is 1. The summed E-state index contributed by atoms with van der Waals surface area (Å²) in [5.41, 5.74) is 1.07. The molecule has 0 spiro atoms. The van der Waals surface area contributed by atoms with Gasteiger partial charge in [-0.2, -0.15) is 0 Å². The van der Waals surface area contributed by atoms with E-state index < -0.39 is 0 Å². The first-order valence-corrected chi connectivity index (χ1v) is 7.76. The highest BCUT2D eigenvalue weighted by Gasteiger charge is 2.19. The molecule has 1 saturated heterocycles. The van der Waals surface area contributed by atoms with Crippen LogP contribution < -0.4 is 15.0 Å². The van der Waals surface area contributed by atoms with Gasteiger partial charge in [0.25, 0.3) is 5.91 Å². The molecule has 1 amide bonds. The Morgan fingerprint density at radius 2 is 2.13 bits per heavy atom. The fraction of sp³-hybridized carbons (Fsp3) is 0.312. The summed E-state index contributed by atoms with van der Waals surface area (Å²) in [7, 11) is 1.51. The van der Waals surface area contributed by atoms with Gasteiger partial charge in [0.15, 0.2) is 5.82 Å². The van der Waals surface area contributed by atoms with Gasteiger partial charge in [0.05, 0.1) is 18.3 Å². The Morgan fingerprint density at radius 1 is 1.35 bits per heavy atom. The van der Waals surface area contributed by atoms with Crippen molar-refractivity contribution in [1.29, 1.82) is 0 Å². The summed E-state index contributed by atoms with van der Waals surface area (Å²) in [6.45, 7) is 1.88. The summed E-state index contributed by atoms with van der Waals surface area (Å²) in [6.07, 6.45) is 5.37. The first kappa shape index (κ1) is 15.6. The lowest BCUT2D eigenvalue weighted by atomic mass is 10.2. The van der Waals surface area contributed by atoms with E-state index in [0.29, 0.717) is 22.0 Å². The molecule has 7 heteroatoms. The highest BCUT2D eigenvalue weighted by molar-refractivity contribution is 6.32. The van der Waals surface area contributed by atoms with Gasteiger partial charge in [-0.3, -0.25) is 4.79 Å². The molecule has 1 aliphatic heterocycles. The van der Waals surface area contributed by atoms with E-state index >= 15 is 0 Å². The number of aromatic nitrogens is 2. The van der Waals surface area contributed by atoms with Gasteiger partial charge in [0.1, 0.15) is 17.8 Å². The largest absolute Gasteiger partial charge is 0.495 e. The van der Waals surface area contributed by atoms with Crippen LogP contribution in [0.25, 0.3) is 0 Å². The molecule has 23 heavy (non-hydrogen) atoms. The number of methoxy groups -OCH3 is 1. The lowest BCUT2D eigenvalue weighted by Gasteiger charge is -2.19. The third kappa shape index (κ3) is 3.37. The number of benzene rings is 1. The molecule has 2 aromatic rings. The maximum absolute atomic E-state index is 12.5. The molecule has 1 aromatic heterocycles. The molecule has 1 N–H and O–H groups in total. The van der Waals surface area contributed by atoms with Crippen LogP contribution in [0.4, 0.5) is 11.5 Å². The van der Waals surface area contributed by atoms with E-state index in [1.807, 2.05) is 0 Å². The fourth-order valence-corrected chi connectivity index (χ4v) is 2.78. The SMILES string of the molecule is COc1cc(C(=O)Nc2cncnc2N2CCCC2)ccc1Cl. The van der Waals surface area contributed by atoms with Crippen LogP contribution in [0.1, 0.15) is 23.2 Å². The van der Waals surface area contributed by atoms with E-state index in [-0.39, 0.29) is 5.91 Å². The van der Waals surface area contributed by atoms with Gasteiger partial charge in [-0.05, 0) is 31.0 Å². The van der Waals surface area contributed by atoms with Gasteiger partial charge in [0, 0.05) is 18.7 Å². The standard InChI is InChI=1S/C16H17ClN4O2/c1-23-14-8-11(4-5-12(14)17)16(22)20-13-9-18-10-19-15(13)21-6-2-3-7-21/h4-5,8-10H,2-3,6-7H2,1H3,(H,20,22). The summed E-state index contributed by atoms with van der Waals surface area (Å²) in [5.74, 6) is 0.963. The molecule has 0 saturated carbocycles. The number of ether oxygens (including phenoxy) is 1. The second-order valence-electron chi connectivity index (χ2n) is 5.26. The van der Waals surface area contributed by atoms with Gasteiger partial charge in [-0.15, -0.1) is 0 Å². The van der Waals surface area contributed by atoms with Crippen molar-refractivity contribution in [2.24, 2.45) is 0 Å². The minimum absolute atomic E-state index is 0.254. The lowest BCUT2D eigenvalue weighted by Crippen LogP contribution is -2.22. The molecule has 0 atom stereocenters. The van der Waals surface area contributed by atoms with Crippen LogP contribution in [-0.2, 0) is 0 Å². The number of nitrogens with one attached hydrogen (secondary N) is 1. The molecule has 0 bridgehead atoms. The van der Waals surface area contributed by atoms with Gasteiger partial charge < -0.3 is 15.0 Å². The zero-order valence-corrected chi connectivity index (χ0v) is 13.5. The van der Waals surface area contributed by atoms with Crippen molar-refractivity contribution >= 4 is 29.0 Å². The zero-order valence-electron chi connectivity index (χ0n) is 12.8. The Hall–Kier alpha value is -2.34. The van der Waals surface area contributed by atoms with E-state index in [1.165, 1.54) is 13.4 Å². The molecule has 1 fully saturated rings. The topological polar surface area (TPSA) is 67.3 Å². The van der Waals surface area contributed by atoms with Gasteiger partial charge >= 0.3 is 0 Å². The van der Waals surface area contributed by atoms with Crippen LogP contribution in [0, 0.1) is 0 Å². The van der Waals surface area contributed by atoms with E-state index in [9.17, 15) is 4.79 Å². The quantitative estimate of drug-likeness (QED) is 0.932. The Morgan fingerprint density at radius 3 is 2.87 bits per heavy atom. The van der Waals surface area contributed by atoms with Crippen LogP contribution in [0.5, 0.6) is 5.75 Å². The van der Waals surface area contributed by atoms with Crippen molar-refractivity contribution in [2.75, 3.05) is 30.4 Å². The lowest BCUT2D eigenvalue weighted by molar-refractivity contribution is 0.102. The van der Waals surface area contributed by atoms with Crippen molar-refractivity contribution in [3.63, 3.8) is 0 Å². The van der Waals surface area contributed by atoms with Crippen molar-refractivity contribution in [1.82, 2.24) is 9.97 Å². The Bertz CT molecular complexity index is 717. The summed E-state index contributed by atoms with van der Waals surface area (Å²) in [5, 5.41) is 3.33. The monoisotopic (exact) mass is 332 g/mol. The fourth-order valence-electron chi connectivity index (χ4n) is 2.59. The maximum Gasteiger partial charge on any atom is 0.255 e. The van der Waals surface area contributed by atoms with Gasteiger partial charge in [-0.1, -0.05) is 11.6 Å². The molecule has 1 aliphatic rings. The van der Waals surface area contributed by atoms with E-state index in [2.05, 4.69) is 20.2 Å². The van der Waals surface area contributed by atoms with E-state index in [1.54, 1.807) is 24.4 Å². The predicted molar refractivity (Wildman–Crippen MR) is 89.4 cm³/mol. The zero-order chi connectivity index (χ0) is 16.2. The Labute approximate surface area is 139 Å². The first-order chi connectivity index (χ1) is 11.2. The molecule has 6 nitrogen and oxygen atoms in total. The van der Waals surface area contributed by atoms with Crippen LogP contribution in [0.15, 0.2) is 30.7 Å². The molecule has 2 heterocycles. The van der Waals surface area contributed by atoms with Crippen LogP contribution >= 0.6 is 11.6 Å². The molecule has 1 aromatic carbocycles. The minimum atomic E-state index is -0.254. The number of amides is 1. The number of hydrogen-bond acceptors (Lipinski definition) is 5. The second-order valence-corrected chi connectivity index (χ2v) is 5.66. The average Bonchev–Trinajstić information content (AvgIpc) is 3.10. The smallest absolute Gasteiger partial charge is 0.255 e. The number of anilines is 2. The first-order valence-electron chi connectivity index (χ1n) is 7.39. The summed E-state index contributed by atoms with van der Waals surface area (Å²) in [4.78, 5) is 23.0. The number of nitrogens with zero attached hydrogens (tertiary/aromatic N) is 3. The molecular weight excluding hydrogens is 316 g/mol. The van der Waals surface area contributed by atoms with Crippen molar-refractivity contribution in [3.8, 4) is 5.75 Å². The molecule has 0 radical (unpaired) electrons. The van der Waals surface area contributed by atoms with Gasteiger partial charge in [0.2, 0.25) is 0 Å². The van der Waals surface area contributed by atoms with Gasteiger partial charge in [-0.25, -0.2) is 9.97 Å². The predicted octanol–water partition coefficient (Wildman–Crippen LogP) is 2.99. The van der Waals surface area contributed by atoms with Crippen molar-refractivity contribution in [2.45, 2.75) is 12.8 Å². The molecule has 120 valence electrons. The van der Waals surface area contributed by atoms with Crippen LogP contribution in [0.2, 0.25) is 5.02 Å². The van der Waals surface area contributed by atoms with Crippen molar-refractivity contribution < 1.29 is 9.53 Å². The normalized spacial score (nSPS) is 13.9. The van der Waals surface area contributed by atoms with Crippen LogP contribution in [0.3, 0.4) is 0 Å². The molecular formula is C16H17ClN4O2. The average molecular weight is 333 g/mol. The number of carbonyl (C=O) groups excluding carboxylic acids is 1. The maximum atomic E-state index is 12.5. The number of halogens is 1. The Balaban J connectivity index is 1.83. The third-order valence-electron chi connectivity index (χ3n) is 3.76. The van der Waals surface area contributed by atoms with Crippen LogP contribution in [-0.4, -0.2) is 36.1 Å². The summed E-state index contributed by atoms with van der Waals surface area (Å²) >= 11 is 5.99.